The number of ether oxygens (including phenoxy) is 2. The number of amidine groups is 1. The summed E-state index contributed by atoms with van der Waals surface area (Å²) in [5, 5.41) is 15.1. The molecule has 5 rings (SSSR count). The van der Waals surface area contributed by atoms with Gasteiger partial charge in [-0.05, 0) is 82.4 Å². The molecule has 2 N–H and O–H groups in total. The normalized spacial score (nSPS) is 23.2. The Morgan fingerprint density at radius 2 is 2.14 bits per heavy atom. The largest absolute Gasteiger partial charge is 0.495 e. The first-order valence-electron chi connectivity index (χ1n) is 13.5. The van der Waals surface area contributed by atoms with Gasteiger partial charge in [0.15, 0.2) is 0 Å². The zero-order valence-corrected chi connectivity index (χ0v) is 23.8. The SMILES string of the molecule is CCCCC1=C(C)C=C2CCCC(=C1NC1=NCC3([CH-][p+]4[o+][c-](C(C)(C)O)cc43)O1)C2.CCCOC. The molecule has 1 aromatic rings. The Hall–Kier alpha value is -1.88. The molecule has 1 fully saturated rings. The maximum atomic E-state index is 10.3. The fourth-order valence-corrected chi connectivity index (χ4v) is 7.24. The number of aliphatic imine (C=N–C) groups is 1. The van der Waals surface area contributed by atoms with E-state index in [4.69, 9.17) is 18.7 Å². The van der Waals surface area contributed by atoms with Gasteiger partial charge < -0.3 is 19.9 Å². The zero-order chi connectivity index (χ0) is 25.9. The first kappa shape index (κ1) is 27.2. The topological polar surface area (TPSA) is 74.4 Å². The Bertz CT molecular complexity index is 1090. The number of nitrogens with one attached hydrogen (secondary N) is 1. The van der Waals surface area contributed by atoms with Crippen LogP contribution in [0.15, 0.2) is 49.3 Å². The third kappa shape index (κ3) is 5.66. The molecule has 0 saturated heterocycles. The molecule has 0 amide bonds. The van der Waals surface area contributed by atoms with Gasteiger partial charge in [-0.1, -0.05) is 38.0 Å². The van der Waals surface area contributed by atoms with E-state index in [0.29, 0.717) is 18.3 Å². The molecular weight excluding hydrogens is 471 g/mol. The van der Waals surface area contributed by atoms with Crippen molar-refractivity contribution in [2.24, 2.45) is 4.99 Å². The van der Waals surface area contributed by atoms with Crippen molar-refractivity contribution in [3.8, 4) is 0 Å². The van der Waals surface area contributed by atoms with Crippen molar-refractivity contribution < 1.29 is 18.8 Å². The fraction of sp³-hybridized carbons (Fsp3) is 0.621. The molecule has 36 heavy (non-hydrogen) atoms. The Labute approximate surface area is 217 Å². The molecule has 2 atom stereocenters. The predicted octanol–water partition coefficient (Wildman–Crippen LogP) is 7.29. The molecule has 2 unspecified atom stereocenters. The van der Waals surface area contributed by atoms with Crippen LogP contribution in [0.3, 0.4) is 0 Å². The average molecular weight is 515 g/mol. The highest BCUT2D eigenvalue weighted by Gasteiger charge is 2.52. The van der Waals surface area contributed by atoms with Crippen LogP contribution in [0.1, 0.15) is 97.0 Å². The molecule has 0 aromatic carbocycles. The lowest BCUT2D eigenvalue weighted by atomic mass is 9.89. The van der Waals surface area contributed by atoms with Gasteiger partial charge in [0.05, 0.1) is 17.4 Å². The summed E-state index contributed by atoms with van der Waals surface area (Å²) >= 11 is 0. The molecule has 1 spiro atoms. The molecule has 7 heteroatoms. The minimum Gasteiger partial charge on any atom is -0.495 e. The van der Waals surface area contributed by atoms with E-state index in [9.17, 15) is 5.11 Å². The van der Waals surface area contributed by atoms with Crippen LogP contribution < -0.4 is 5.32 Å². The minimum absolute atomic E-state index is 0.505. The van der Waals surface area contributed by atoms with Gasteiger partial charge in [-0.15, -0.1) is 0 Å². The van der Waals surface area contributed by atoms with E-state index in [2.05, 4.69) is 38.3 Å². The molecule has 1 saturated carbocycles. The molecule has 6 nitrogen and oxygen atoms in total. The second kappa shape index (κ2) is 11.2. The van der Waals surface area contributed by atoms with Crippen LogP contribution >= 0.6 is 7.77 Å². The van der Waals surface area contributed by atoms with Crippen molar-refractivity contribution in [1.29, 1.82) is 0 Å². The van der Waals surface area contributed by atoms with E-state index >= 15 is 0 Å². The fourth-order valence-electron chi connectivity index (χ4n) is 5.21. The molecule has 198 valence electrons. The number of rotatable bonds is 7. The molecule has 2 bridgehead atoms. The number of aliphatic hydroxyl groups is 1. The van der Waals surface area contributed by atoms with E-state index in [-0.39, 0.29) is 0 Å². The predicted molar refractivity (Wildman–Crippen MR) is 147 cm³/mol. The molecule has 2 aliphatic heterocycles. The quantitative estimate of drug-likeness (QED) is 0.295. The number of hydrogen-bond acceptors (Lipinski definition) is 5. The lowest BCUT2D eigenvalue weighted by Gasteiger charge is -2.37. The first-order chi connectivity index (χ1) is 17.2. The average Bonchev–Trinajstić information content (AvgIpc) is 3.40. The lowest BCUT2D eigenvalue weighted by molar-refractivity contribution is 0.0582. The lowest BCUT2D eigenvalue weighted by Crippen LogP contribution is -2.37. The second-order valence-corrected chi connectivity index (χ2v) is 12.4. The van der Waals surface area contributed by atoms with Gasteiger partial charge in [0.25, 0.3) is 19.6 Å². The van der Waals surface area contributed by atoms with Gasteiger partial charge in [0.2, 0.25) is 0 Å². The first-order valence-corrected chi connectivity index (χ1v) is 14.8. The van der Waals surface area contributed by atoms with Crippen LogP contribution in [0.25, 0.3) is 0 Å². The minimum atomic E-state index is -0.975. The summed E-state index contributed by atoms with van der Waals surface area (Å²) in [5.74, 6) is 0.627. The maximum absolute atomic E-state index is 10.3. The number of methoxy groups -OCH3 is 1. The van der Waals surface area contributed by atoms with Gasteiger partial charge in [-0.25, -0.2) is 4.99 Å². The van der Waals surface area contributed by atoms with Crippen LogP contribution in [0.4, 0.5) is 0 Å². The highest BCUT2D eigenvalue weighted by molar-refractivity contribution is 7.49. The van der Waals surface area contributed by atoms with Crippen LogP contribution in [0, 0.1) is 6.16 Å². The van der Waals surface area contributed by atoms with E-state index in [0.717, 1.165) is 37.6 Å². The Morgan fingerprint density at radius 3 is 2.81 bits per heavy atom. The molecule has 1 aromatic heterocycles. The highest BCUT2D eigenvalue weighted by Crippen LogP contribution is 2.63. The smallest absolute Gasteiger partial charge is 0.293 e. The van der Waals surface area contributed by atoms with E-state index in [1.807, 2.05) is 6.07 Å². The van der Waals surface area contributed by atoms with Crippen molar-refractivity contribution >= 4 is 13.8 Å². The van der Waals surface area contributed by atoms with Crippen molar-refractivity contribution in [3.05, 3.63) is 57.3 Å². The monoisotopic (exact) mass is 514 g/mol. The maximum Gasteiger partial charge on any atom is 0.293 e. The summed E-state index contributed by atoms with van der Waals surface area (Å²) in [5.41, 5.74) is 5.61. The van der Waals surface area contributed by atoms with Gasteiger partial charge >= 0.3 is 0 Å². The summed E-state index contributed by atoms with van der Waals surface area (Å²) in [7, 11) is 0.911. The van der Waals surface area contributed by atoms with Crippen LogP contribution in [-0.4, -0.2) is 31.4 Å². The van der Waals surface area contributed by atoms with Gasteiger partial charge in [0, 0.05) is 25.6 Å². The summed E-state index contributed by atoms with van der Waals surface area (Å²) in [6.07, 6.45) is 13.8. The van der Waals surface area contributed by atoms with Crippen LogP contribution in [0.5, 0.6) is 0 Å². The van der Waals surface area contributed by atoms with Crippen LogP contribution in [-0.2, 0) is 20.7 Å². The number of allylic oxidation sites excluding steroid dienone is 5. The third-order valence-corrected chi connectivity index (χ3v) is 9.22. The number of hydrogen-bond donors (Lipinski definition) is 2. The van der Waals surface area contributed by atoms with Crippen molar-refractivity contribution in [1.82, 2.24) is 5.32 Å². The highest BCUT2D eigenvalue weighted by atomic mass is 31.1. The van der Waals surface area contributed by atoms with Crippen molar-refractivity contribution in [3.63, 3.8) is 0 Å². The molecule has 4 aliphatic rings. The van der Waals surface area contributed by atoms with Crippen molar-refractivity contribution in [2.45, 2.75) is 97.2 Å². The molecule has 0 radical (unpaired) electrons. The number of unbranched alkanes of at least 4 members (excludes halogenated alkanes) is 1. The Balaban J connectivity index is 0.000000556. The van der Waals surface area contributed by atoms with Gasteiger partial charge in [-0.3, -0.25) is 0 Å². The summed E-state index contributed by atoms with van der Waals surface area (Å²) in [6, 6.07) is 2.59. The Morgan fingerprint density at radius 1 is 1.33 bits per heavy atom. The van der Waals surface area contributed by atoms with E-state index < -0.39 is 19.0 Å². The summed E-state index contributed by atoms with van der Waals surface area (Å²) in [4.78, 5) is 4.75. The Kier molecular flexibility index (Phi) is 8.49. The van der Waals surface area contributed by atoms with Gasteiger partial charge in [0.1, 0.15) is 5.60 Å². The molecular formula is C29H43N2O4P. The number of fused-ring (bicyclic) bond motifs is 4. The summed E-state index contributed by atoms with van der Waals surface area (Å²) in [6.45, 7) is 11.6. The van der Waals surface area contributed by atoms with Crippen LogP contribution in [0.2, 0.25) is 0 Å². The molecule has 2 aliphatic carbocycles. The summed E-state index contributed by atoms with van der Waals surface area (Å²) < 4.78 is 17.1. The zero-order valence-electron chi connectivity index (χ0n) is 22.9. The van der Waals surface area contributed by atoms with Gasteiger partial charge in [-0.2, -0.15) is 4.20 Å². The molecule has 3 heterocycles. The van der Waals surface area contributed by atoms with E-state index in [1.165, 1.54) is 48.1 Å². The third-order valence-electron chi connectivity index (χ3n) is 7.19. The standard InChI is InChI=1S/C25H33N2O3P.C4H10O/c1-5-6-10-19-16(2)11-17-8-7-9-18(12-17)22(19)27-23-26-14-25(29-23)15-31-21(25)13-20(30-31)24(3,4)28;1-3-4-5-2/h11,13,15,28H,5-10,12,14H2,1-4H3,(H,26,27);3-4H2,1-2H3. The second-order valence-electron chi connectivity index (χ2n) is 10.8. The van der Waals surface area contributed by atoms with Crippen molar-refractivity contribution in [2.75, 3.05) is 20.3 Å². The van der Waals surface area contributed by atoms with E-state index in [1.54, 1.807) is 26.5 Å². The number of nitrogens with zero attached hydrogens (tertiary/aromatic N) is 1.